The third kappa shape index (κ3) is 4.37. The standard InChI is InChI=1S/C8H11ClFN3O2/c9-8-12-5-6(10)7(13-8)11-1-3-15-4-2-14/h5,14H,1-4H2,(H,11,12,13). The smallest absolute Gasteiger partial charge is 0.224 e. The van der Waals surface area contributed by atoms with Gasteiger partial charge in [0.2, 0.25) is 5.28 Å². The highest BCUT2D eigenvalue weighted by Gasteiger charge is 2.04. The molecule has 0 saturated heterocycles. The van der Waals surface area contributed by atoms with E-state index in [4.69, 9.17) is 21.4 Å². The van der Waals surface area contributed by atoms with Crippen LogP contribution in [0.5, 0.6) is 0 Å². The molecule has 2 N–H and O–H groups in total. The molecular formula is C8H11ClFN3O2. The van der Waals surface area contributed by atoms with Gasteiger partial charge in [0.15, 0.2) is 11.6 Å². The second-order valence-electron chi connectivity index (χ2n) is 2.60. The minimum atomic E-state index is -0.568. The van der Waals surface area contributed by atoms with E-state index in [1.54, 1.807) is 0 Å². The maximum Gasteiger partial charge on any atom is 0.224 e. The highest BCUT2D eigenvalue weighted by molar-refractivity contribution is 6.28. The number of hydrogen-bond donors (Lipinski definition) is 2. The maximum absolute atomic E-state index is 13.0. The van der Waals surface area contributed by atoms with Gasteiger partial charge in [-0.2, -0.15) is 4.98 Å². The van der Waals surface area contributed by atoms with Gasteiger partial charge in [-0.1, -0.05) is 0 Å². The first-order valence-electron chi connectivity index (χ1n) is 4.34. The van der Waals surface area contributed by atoms with Crippen molar-refractivity contribution in [2.45, 2.75) is 0 Å². The lowest BCUT2D eigenvalue weighted by molar-refractivity contribution is 0.0991. The van der Waals surface area contributed by atoms with Crippen LogP contribution in [0.4, 0.5) is 10.2 Å². The minimum Gasteiger partial charge on any atom is -0.394 e. The zero-order chi connectivity index (χ0) is 11.1. The molecule has 5 nitrogen and oxygen atoms in total. The largest absolute Gasteiger partial charge is 0.394 e. The van der Waals surface area contributed by atoms with E-state index in [0.717, 1.165) is 6.20 Å². The summed E-state index contributed by atoms with van der Waals surface area (Å²) in [5, 5.41) is 11.1. The van der Waals surface area contributed by atoms with Crippen molar-refractivity contribution in [2.75, 3.05) is 31.7 Å². The van der Waals surface area contributed by atoms with E-state index in [-0.39, 0.29) is 24.3 Å². The molecule has 0 unspecified atom stereocenters. The summed E-state index contributed by atoms with van der Waals surface area (Å²) in [4.78, 5) is 7.13. The number of anilines is 1. The number of hydrogen-bond acceptors (Lipinski definition) is 5. The van der Waals surface area contributed by atoms with Gasteiger partial charge >= 0.3 is 0 Å². The summed E-state index contributed by atoms with van der Waals surface area (Å²) in [6.07, 6.45) is 0.992. The lowest BCUT2D eigenvalue weighted by atomic mass is 10.5. The molecule has 1 aromatic rings. The molecule has 0 aliphatic carbocycles. The van der Waals surface area contributed by atoms with Gasteiger partial charge < -0.3 is 15.2 Å². The molecule has 1 aromatic heterocycles. The monoisotopic (exact) mass is 235 g/mol. The zero-order valence-corrected chi connectivity index (χ0v) is 8.67. The van der Waals surface area contributed by atoms with Crippen LogP contribution in [-0.4, -0.2) is 41.4 Å². The highest BCUT2D eigenvalue weighted by atomic mass is 35.5. The average molecular weight is 236 g/mol. The summed E-state index contributed by atoms with van der Waals surface area (Å²) in [5.41, 5.74) is 0. The second kappa shape index (κ2) is 6.49. The normalized spacial score (nSPS) is 10.3. The summed E-state index contributed by atoms with van der Waals surface area (Å²) in [6, 6.07) is 0. The Kier molecular flexibility index (Phi) is 5.23. The molecule has 0 radical (unpaired) electrons. The molecule has 0 atom stereocenters. The first-order chi connectivity index (χ1) is 7.24. The van der Waals surface area contributed by atoms with Crippen LogP contribution in [0.3, 0.4) is 0 Å². The van der Waals surface area contributed by atoms with Gasteiger partial charge in [-0.15, -0.1) is 0 Å². The number of aromatic nitrogens is 2. The van der Waals surface area contributed by atoms with Crippen LogP contribution >= 0.6 is 11.6 Å². The van der Waals surface area contributed by atoms with Gasteiger partial charge in [-0.3, -0.25) is 0 Å². The lowest BCUT2D eigenvalue weighted by Gasteiger charge is -2.06. The predicted octanol–water partition coefficient (Wildman–Crippen LogP) is 0.690. The van der Waals surface area contributed by atoms with Crippen molar-refractivity contribution in [2.24, 2.45) is 0 Å². The van der Waals surface area contributed by atoms with E-state index in [1.165, 1.54) is 0 Å². The van der Waals surface area contributed by atoms with E-state index in [2.05, 4.69) is 15.3 Å². The van der Waals surface area contributed by atoms with Crippen molar-refractivity contribution in [1.82, 2.24) is 9.97 Å². The molecule has 1 heterocycles. The number of aliphatic hydroxyl groups is 1. The van der Waals surface area contributed by atoms with Crippen LogP contribution in [0.2, 0.25) is 5.28 Å². The number of ether oxygens (including phenoxy) is 1. The van der Waals surface area contributed by atoms with Gasteiger partial charge in [0.05, 0.1) is 26.0 Å². The molecule has 0 saturated carbocycles. The Bertz CT molecular complexity index is 314. The average Bonchev–Trinajstić information content (AvgIpc) is 2.23. The van der Waals surface area contributed by atoms with E-state index < -0.39 is 5.82 Å². The molecule has 0 aromatic carbocycles. The van der Waals surface area contributed by atoms with Crippen molar-refractivity contribution < 1.29 is 14.2 Å². The first kappa shape index (κ1) is 12.1. The van der Waals surface area contributed by atoms with Gasteiger partial charge in [-0.25, -0.2) is 9.37 Å². The molecule has 1 rings (SSSR count). The third-order valence-corrected chi connectivity index (χ3v) is 1.67. The molecule has 0 bridgehead atoms. The van der Waals surface area contributed by atoms with Crippen molar-refractivity contribution in [3.8, 4) is 0 Å². The van der Waals surface area contributed by atoms with Crippen LogP contribution in [0, 0.1) is 5.82 Å². The van der Waals surface area contributed by atoms with Crippen LogP contribution < -0.4 is 5.32 Å². The summed E-state index contributed by atoms with van der Waals surface area (Å²) >= 11 is 5.49. The fraction of sp³-hybridized carbons (Fsp3) is 0.500. The van der Waals surface area contributed by atoms with E-state index in [0.29, 0.717) is 13.2 Å². The number of rotatable bonds is 6. The van der Waals surface area contributed by atoms with Crippen LogP contribution in [0.1, 0.15) is 0 Å². The molecule has 0 fully saturated rings. The molecular weight excluding hydrogens is 225 g/mol. The second-order valence-corrected chi connectivity index (χ2v) is 2.94. The van der Waals surface area contributed by atoms with Crippen LogP contribution in [0.15, 0.2) is 6.20 Å². The fourth-order valence-electron chi connectivity index (χ4n) is 0.878. The Morgan fingerprint density at radius 2 is 2.33 bits per heavy atom. The summed E-state index contributed by atoms with van der Waals surface area (Å²) in [6.45, 7) is 0.953. The lowest BCUT2D eigenvalue weighted by Crippen LogP contribution is -2.13. The molecule has 15 heavy (non-hydrogen) atoms. The topological polar surface area (TPSA) is 67.3 Å². The minimum absolute atomic E-state index is 0.0184. The molecule has 0 aliphatic heterocycles. The number of halogens is 2. The van der Waals surface area contributed by atoms with Crippen molar-refractivity contribution in [1.29, 1.82) is 0 Å². The molecule has 0 amide bonds. The van der Waals surface area contributed by atoms with E-state index >= 15 is 0 Å². The fourth-order valence-corrected chi connectivity index (χ4v) is 1.01. The molecule has 0 aliphatic rings. The Balaban J connectivity index is 2.33. The Morgan fingerprint density at radius 3 is 3.07 bits per heavy atom. The molecule has 7 heteroatoms. The van der Waals surface area contributed by atoms with Crippen molar-refractivity contribution in [3.05, 3.63) is 17.3 Å². The number of aliphatic hydroxyl groups excluding tert-OH is 1. The number of nitrogens with zero attached hydrogens (tertiary/aromatic N) is 2. The van der Waals surface area contributed by atoms with Crippen molar-refractivity contribution >= 4 is 17.4 Å². The Morgan fingerprint density at radius 1 is 1.53 bits per heavy atom. The van der Waals surface area contributed by atoms with Gasteiger partial charge in [0.25, 0.3) is 0 Å². The highest BCUT2D eigenvalue weighted by Crippen LogP contribution is 2.11. The van der Waals surface area contributed by atoms with E-state index in [9.17, 15) is 4.39 Å². The van der Waals surface area contributed by atoms with Crippen molar-refractivity contribution in [3.63, 3.8) is 0 Å². The van der Waals surface area contributed by atoms with Gasteiger partial charge in [-0.05, 0) is 11.6 Å². The van der Waals surface area contributed by atoms with Gasteiger partial charge in [0.1, 0.15) is 0 Å². The summed E-state index contributed by atoms with van der Waals surface area (Å²) in [7, 11) is 0. The quantitative estimate of drug-likeness (QED) is 0.561. The number of nitrogens with one attached hydrogen (secondary N) is 1. The summed E-state index contributed by atoms with van der Waals surface area (Å²) < 4.78 is 18.0. The first-order valence-corrected chi connectivity index (χ1v) is 4.72. The van der Waals surface area contributed by atoms with Gasteiger partial charge in [0, 0.05) is 6.54 Å². The predicted molar refractivity (Wildman–Crippen MR) is 53.4 cm³/mol. The summed E-state index contributed by atoms with van der Waals surface area (Å²) in [5.74, 6) is -0.524. The molecule has 84 valence electrons. The van der Waals surface area contributed by atoms with E-state index in [1.807, 2.05) is 0 Å². The Labute approximate surface area is 91.3 Å². The zero-order valence-electron chi connectivity index (χ0n) is 7.91. The molecule has 0 spiro atoms. The third-order valence-electron chi connectivity index (χ3n) is 1.49. The van der Waals surface area contributed by atoms with Crippen LogP contribution in [0.25, 0.3) is 0 Å². The maximum atomic E-state index is 13.0. The SMILES string of the molecule is OCCOCCNc1nc(Cl)ncc1F. The van der Waals surface area contributed by atoms with Crippen LogP contribution in [-0.2, 0) is 4.74 Å². The Hall–Kier alpha value is -0.980.